The molecule has 0 saturated heterocycles. The molecule has 8 heteroatoms. The molecule has 2 heterocycles. The van der Waals surface area contributed by atoms with Crippen molar-refractivity contribution in [1.82, 2.24) is 9.55 Å². The van der Waals surface area contributed by atoms with Crippen LogP contribution in [-0.4, -0.2) is 22.6 Å². The summed E-state index contributed by atoms with van der Waals surface area (Å²) >= 11 is 3.02. The second kappa shape index (κ2) is 11.9. The molecule has 1 amide bonds. The first-order chi connectivity index (χ1) is 16.6. The van der Waals surface area contributed by atoms with E-state index in [9.17, 15) is 9.59 Å². The van der Waals surface area contributed by atoms with Gasteiger partial charge in [-0.3, -0.25) is 14.2 Å². The highest BCUT2D eigenvalue weighted by atomic mass is 32.2. The number of unbranched alkanes of at least 4 members (excludes halogenated alkanes) is 2. The zero-order valence-corrected chi connectivity index (χ0v) is 20.7. The van der Waals surface area contributed by atoms with Crippen LogP contribution in [0.15, 0.2) is 76.0 Å². The number of hydrogen-bond donors (Lipinski definition) is 1. The maximum absolute atomic E-state index is 13.1. The van der Waals surface area contributed by atoms with Gasteiger partial charge in [-0.15, -0.1) is 11.3 Å². The minimum atomic E-state index is -0.0110. The molecule has 0 bridgehead atoms. The molecule has 0 fully saturated rings. The summed E-state index contributed by atoms with van der Waals surface area (Å²) in [5.41, 5.74) is 2.74. The van der Waals surface area contributed by atoms with Crippen LogP contribution in [0, 0.1) is 0 Å². The number of methoxy groups -OCH3 is 1. The summed E-state index contributed by atoms with van der Waals surface area (Å²) in [6.45, 7) is 0.594. The number of nitrogens with one attached hydrogen (secondary N) is 1. The largest absolute Gasteiger partial charge is 0.497 e. The van der Waals surface area contributed by atoms with E-state index in [-0.39, 0.29) is 11.5 Å². The molecule has 0 aliphatic rings. The second-order valence-corrected chi connectivity index (χ2v) is 9.71. The first-order valence-electron chi connectivity index (χ1n) is 11.2. The molecule has 1 N–H and O–H groups in total. The Morgan fingerprint density at radius 3 is 2.62 bits per heavy atom. The van der Waals surface area contributed by atoms with Crippen LogP contribution < -0.4 is 15.6 Å². The Bertz CT molecular complexity index is 1280. The van der Waals surface area contributed by atoms with Gasteiger partial charge >= 0.3 is 0 Å². The maximum atomic E-state index is 13.1. The summed E-state index contributed by atoms with van der Waals surface area (Å²) in [6, 6.07) is 19.4. The third-order valence-electron chi connectivity index (χ3n) is 5.40. The SMILES string of the molecule is COc1ccc(NC(=O)CCCCCn2c(SCc3ccccc3)nc3ccsc3c2=O)cc1. The lowest BCUT2D eigenvalue weighted by molar-refractivity contribution is -0.116. The molecule has 4 rings (SSSR count). The van der Waals surface area contributed by atoms with Crippen LogP contribution in [0.4, 0.5) is 5.69 Å². The van der Waals surface area contributed by atoms with Gasteiger partial charge in [0.1, 0.15) is 10.4 Å². The number of nitrogens with zero attached hydrogens (tertiary/aromatic N) is 2. The van der Waals surface area contributed by atoms with Crippen molar-refractivity contribution in [2.45, 2.75) is 43.1 Å². The third-order valence-corrected chi connectivity index (χ3v) is 7.34. The molecular formula is C26H27N3O3S2. The molecule has 0 saturated carbocycles. The highest BCUT2D eigenvalue weighted by Gasteiger charge is 2.13. The molecule has 2 aromatic carbocycles. The summed E-state index contributed by atoms with van der Waals surface area (Å²) in [7, 11) is 1.61. The Labute approximate surface area is 207 Å². The topological polar surface area (TPSA) is 73.2 Å². The molecule has 2 aromatic heterocycles. The maximum Gasteiger partial charge on any atom is 0.272 e. The van der Waals surface area contributed by atoms with Gasteiger partial charge in [0.15, 0.2) is 5.16 Å². The fourth-order valence-corrected chi connectivity index (χ4v) is 5.34. The molecule has 4 aromatic rings. The van der Waals surface area contributed by atoms with Gasteiger partial charge in [0, 0.05) is 24.4 Å². The number of thioether (sulfide) groups is 1. The number of carbonyl (C=O) groups excluding carboxylic acids is 1. The van der Waals surface area contributed by atoms with E-state index in [2.05, 4.69) is 17.4 Å². The summed E-state index contributed by atoms with van der Waals surface area (Å²) in [6.07, 6.45) is 2.87. The monoisotopic (exact) mass is 493 g/mol. The lowest BCUT2D eigenvalue weighted by atomic mass is 10.2. The van der Waals surface area contributed by atoms with Crippen LogP contribution in [0.3, 0.4) is 0 Å². The number of fused-ring (bicyclic) bond motifs is 1. The molecular weight excluding hydrogens is 466 g/mol. The lowest BCUT2D eigenvalue weighted by Gasteiger charge is -2.12. The zero-order valence-electron chi connectivity index (χ0n) is 19.0. The van der Waals surface area contributed by atoms with Crippen LogP contribution in [-0.2, 0) is 17.1 Å². The molecule has 0 unspecified atom stereocenters. The lowest BCUT2D eigenvalue weighted by Crippen LogP contribution is -2.22. The number of anilines is 1. The number of ether oxygens (including phenoxy) is 1. The van der Waals surface area contributed by atoms with Gasteiger partial charge in [0.05, 0.1) is 12.6 Å². The Morgan fingerprint density at radius 2 is 1.85 bits per heavy atom. The average molecular weight is 494 g/mol. The van der Waals surface area contributed by atoms with E-state index in [4.69, 9.17) is 9.72 Å². The first kappa shape index (κ1) is 24.0. The summed E-state index contributed by atoms with van der Waals surface area (Å²) in [5.74, 6) is 1.50. The van der Waals surface area contributed by atoms with Crippen LogP contribution in [0.5, 0.6) is 5.75 Å². The number of hydrogen-bond acceptors (Lipinski definition) is 6. The highest BCUT2D eigenvalue weighted by molar-refractivity contribution is 7.98. The van der Waals surface area contributed by atoms with Crippen molar-refractivity contribution < 1.29 is 9.53 Å². The van der Waals surface area contributed by atoms with Gasteiger partial charge in [-0.1, -0.05) is 48.5 Å². The predicted octanol–water partition coefficient (Wildman–Crippen LogP) is 5.96. The van der Waals surface area contributed by atoms with Crippen molar-refractivity contribution in [3.05, 3.63) is 82.0 Å². The van der Waals surface area contributed by atoms with Crippen molar-refractivity contribution in [3.63, 3.8) is 0 Å². The Hall–Kier alpha value is -3.10. The smallest absolute Gasteiger partial charge is 0.272 e. The summed E-state index contributed by atoms with van der Waals surface area (Å²) in [4.78, 5) is 30.1. The molecule has 0 aliphatic heterocycles. The van der Waals surface area contributed by atoms with E-state index in [1.54, 1.807) is 23.4 Å². The van der Waals surface area contributed by atoms with Crippen LogP contribution >= 0.6 is 23.1 Å². The van der Waals surface area contributed by atoms with Crippen molar-refractivity contribution in [3.8, 4) is 5.75 Å². The second-order valence-electron chi connectivity index (χ2n) is 7.85. The summed E-state index contributed by atoms with van der Waals surface area (Å²) < 4.78 is 7.63. The molecule has 6 nitrogen and oxygen atoms in total. The summed E-state index contributed by atoms with van der Waals surface area (Å²) in [5, 5.41) is 5.57. The molecule has 0 atom stereocenters. The van der Waals surface area contributed by atoms with Crippen LogP contribution in [0.1, 0.15) is 31.2 Å². The fourth-order valence-electron chi connectivity index (χ4n) is 3.58. The highest BCUT2D eigenvalue weighted by Crippen LogP contribution is 2.24. The van der Waals surface area contributed by atoms with Crippen molar-refractivity contribution in [1.29, 1.82) is 0 Å². The molecule has 0 radical (unpaired) electrons. The van der Waals surface area contributed by atoms with Gasteiger partial charge in [0.25, 0.3) is 5.56 Å². The van der Waals surface area contributed by atoms with Crippen LogP contribution in [0.25, 0.3) is 10.2 Å². The van der Waals surface area contributed by atoms with Crippen molar-refractivity contribution >= 4 is 44.9 Å². The number of aromatic nitrogens is 2. The van der Waals surface area contributed by atoms with Gasteiger partial charge in [0.2, 0.25) is 5.91 Å². The first-order valence-corrected chi connectivity index (χ1v) is 13.1. The fraction of sp³-hybridized carbons (Fsp3) is 0.269. The van der Waals surface area contributed by atoms with E-state index >= 15 is 0 Å². The molecule has 0 spiro atoms. The zero-order chi connectivity index (χ0) is 23.8. The van der Waals surface area contributed by atoms with Gasteiger partial charge in [-0.2, -0.15) is 0 Å². The number of thiophene rings is 1. The average Bonchev–Trinajstić information content (AvgIpc) is 3.34. The molecule has 176 valence electrons. The molecule has 34 heavy (non-hydrogen) atoms. The minimum Gasteiger partial charge on any atom is -0.497 e. The third kappa shape index (κ3) is 6.27. The van der Waals surface area contributed by atoms with E-state index < -0.39 is 0 Å². The van der Waals surface area contributed by atoms with Gasteiger partial charge < -0.3 is 10.1 Å². The minimum absolute atomic E-state index is 0.0110. The van der Waals surface area contributed by atoms with Crippen molar-refractivity contribution in [2.24, 2.45) is 0 Å². The quantitative estimate of drug-likeness (QED) is 0.159. The molecule has 0 aliphatic carbocycles. The van der Waals surface area contributed by atoms with Crippen LogP contribution in [0.2, 0.25) is 0 Å². The number of amides is 1. The van der Waals surface area contributed by atoms with E-state index in [1.165, 1.54) is 16.9 Å². The van der Waals surface area contributed by atoms with E-state index in [1.807, 2.05) is 53.9 Å². The number of rotatable bonds is 11. The Kier molecular flexibility index (Phi) is 8.38. The van der Waals surface area contributed by atoms with E-state index in [0.29, 0.717) is 17.7 Å². The predicted molar refractivity (Wildman–Crippen MR) is 140 cm³/mol. The van der Waals surface area contributed by atoms with Gasteiger partial charge in [-0.05, 0) is 54.1 Å². The van der Waals surface area contributed by atoms with Gasteiger partial charge in [-0.25, -0.2) is 4.98 Å². The Morgan fingerprint density at radius 1 is 1.06 bits per heavy atom. The Balaban J connectivity index is 1.31. The normalized spacial score (nSPS) is 11.0. The van der Waals surface area contributed by atoms with Crippen molar-refractivity contribution in [2.75, 3.05) is 12.4 Å². The standard InChI is InChI=1S/C26H27N3O3S2/c1-32-21-13-11-20(12-14-21)27-23(30)10-6-3-7-16-29-25(31)24-22(15-17-33-24)28-26(29)34-18-19-8-4-2-5-9-19/h2,4-5,8-9,11-15,17H,3,6-7,10,16,18H2,1H3,(H,27,30). The number of carbonyl (C=O) groups is 1. The van der Waals surface area contributed by atoms with E-state index in [0.717, 1.165) is 47.1 Å². The number of benzene rings is 2.